The lowest BCUT2D eigenvalue weighted by Crippen LogP contribution is -2.34. The number of likely N-dealkylation sites (tertiary alicyclic amines) is 1. The van der Waals surface area contributed by atoms with Gasteiger partial charge in [0.25, 0.3) is 0 Å². The minimum atomic E-state index is -0.542. The molecule has 1 aliphatic heterocycles. The molecule has 1 saturated heterocycles. The summed E-state index contributed by atoms with van der Waals surface area (Å²) in [6, 6.07) is -0.316. The lowest BCUT2D eigenvalue weighted by molar-refractivity contribution is -0.135. The molecule has 1 aromatic rings. The minimum Gasteiger partial charge on any atom is -0.423 e. The van der Waals surface area contributed by atoms with Crippen molar-refractivity contribution >= 4 is 5.91 Å². The summed E-state index contributed by atoms with van der Waals surface area (Å²) in [4.78, 5) is 14.9. The van der Waals surface area contributed by atoms with Crippen LogP contribution in [-0.4, -0.2) is 38.8 Å². The molecule has 1 saturated carbocycles. The summed E-state index contributed by atoms with van der Waals surface area (Å²) < 4.78 is 5.65. The number of aryl methyl sites for hydroxylation is 1. The minimum absolute atomic E-state index is 0.0458. The first-order chi connectivity index (χ1) is 11.3. The molecule has 1 amide bonds. The van der Waals surface area contributed by atoms with E-state index in [1.807, 2.05) is 6.92 Å². The number of rotatable bonds is 4. The summed E-state index contributed by atoms with van der Waals surface area (Å²) in [6.07, 6.45) is 2.76. The van der Waals surface area contributed by atoms with Crippen LogP contribution in [0, 0.1) is 17.3 Å². The molecular weight excluding hydrogens is 306 g/mol. The van der Waals surface area contributed by atoms with Crippen LogP contribution in [0.1, 0.15) is 58.9 Å². The molecule has 6 nitrogen and oxygen atoms in total. The second kappa shape index (κ2) is 5.99. The second-order valence-electron chi connectivity index (χ2n) is 7.85. The summed E-state index contributed by atoms with van der Waals surface area (Å²) in [5.41, 5.74) is 1.18. The van der Waals surface area contributed by atoms with E-state index in [0.717, 1.165) is 0 Å². The highest BCUT2D eigenvalue weighted by Crippen LogP contribution is 2.60. The average molecular weight is 333 g/mol. The van der Waals surface area contributed by atoms with Crippen molar-refractivity contribution in [3.63, 3.8) is 0 Å². The van der Waals surface area contributed by atoms with Crippen molar-refractivity contribution in [1.82, 2.24) is 15.1 Å². The fraction of sp³-hybridized carbons (Fsp3) is 0.722. The van der Waals surface area contributed by atoms with Crippen LogP contribution >= 0.6 is 0 Å². The molecule has 3 rings (SSSR count). The van der Waals surface area contributed by atoms with E-state index in [0.29, 0.717) is 31.2 Å². The second-order valence-corrected chi connectivity index (χ2v) is 7.85. The van der Waals surface area contributed by atoms with Gasteiger partial charge in [0.2, 0.25) is 17.7 Å². The largest absolute Gasteiger partial charge is 0.423 e. The maximum absolute atomic E-state index is 13.1. The van der Waals surface area contributed by atoms with Gasteiger partial charge in [0.05, 0.1) is 12.0 Å². The van der Waals surface area contributed by atoms with Crippen LogP contribution in [0.5, 0.6) is 0 Å². The van der Waals surface area contributed by atoms with Gasteiger partial charge in [-0.1, -0.05) is 32.4 Å². The number of carbonyl (C=O) groups excluding carboxylic acids is 1. The number of aliphatic hydroxyl groups is 1. The van der Waals surface area contributed by atoms with Gasteiger partial charge in [0.15, 0.2) is 0 Å². The number of aliphatic hydroxyl groups excluding tert-OH is 1. The Labute approximate surface area is 142 Å². The number of β-amino-alcohol motifs (C(OH)–C–C–N with tert-alkyl or cyclic N) is 1. The van der Waals surface area contributed by atoms with Gasteiger partial charge >= 0.3 is 0 Å². The smallest absolute Gasteiger partial charge is 0.239 e. The molecule has 0 aromatic carbocycles. The number of allylic oxidation sites excluding steroid dienone is 2. The van der Waals surface area contributed by atoms with Crippen LogP contribution in [-0.2, 0) is 11.2 Å². The van der Waals surface area contributed by atoms with Crippen LogP contribution in [0.15, 0.2) is 16.1 Å². The van der Waals surface area contributed by atoms with Gasteiger partial charge in [-0.05, 0) is 25.2 Å². The predicted octanol–water partition coefficient (Wildman–Crippen LogP) is 2.50. The van der Waals surface area contributed by atoms with E-state index < -0.39 is 6.10 Å². The van der Waals surface area contributed by atoms with Gasteiger partial charge in [0.1, 0.15) is 6.04 Å². The molecule has 2 aliphatic rings. The molecule has 132 valence electrons. The van der Waals surface area contributed by atoms with Crippen LogP contribution in [0.2, 0.25) is 0 Å². The highest BCUT2D eigenvalue weighted by Gasteiger charge is 2.62. The summed E-state index contributed by atoms with van der Waals surface area (Å²) in [7, 11) is 0. The maximum Gasteiger partial charge on any atom is 0.239 e. The first-order valence-electron chi connectivity index (χ1n) is 8.71. The quantitative estimate of drug-likeness (QED) is 0.857. The molecule has 2 unspecified atom stereocenters. The Bertz CT molecular complexity index is 660. The monoisotopic (exact) mass is 333 g/mol. The zero-order chi connectivity index (χ0) is 17.6. The Balaban J connectivity index is 1.82. The van der Waals surface area contributed by atoms with Crippen molar-refractivity contribution < 1.29 is 14.3 Å². The fourth-order valence-corrected chi connectivity index (χ4v) is 3.83. The lowest BCUT2D eigenvalue weighted by atomic mass is 10.1. The van der Waals surface area contributed by atoms with Crippen LogP contribution in [0.3, 0.4) is 0 Å². The summed E-state index contributed by atoms with van der Waals surface area (Å²) >= 11 is 0. The van der Waals surface area contributed by atoms with Gasteiger partial charge in [-0.2, -0.15) is 0 Å². The highest BCUT2D eigenvalue weighted by molar-refractivity contribution is 5.84. The molecule has 6 heteroatoms. The Kier molecular flexibility index (Phi) is 4.28. The third-order valence-corrected chi connectivity index (χ3v) is 5.32. The number of carbonyl (C=O) groups is 1. The van der Waals surface area contributed by atoms with Crippen molar-refractivity contribution in [1.29, 1.82) is 0 Å². The topological polar surface area (TPSA) is 79.5 Å². The van der Waals surface area contributed by atoms with Crippen LogP contribution in [0.25, 0.3) is 0 Å². The Morgan fingerprint density at radius 2 is 2.12 bits per heavy atom. The zero-order valence-corrected chi connectivity index (χ0v) is 15.1. The van der Waals surface area contributed by atoms with Gasteiger partial charge < -0.3 is 14.4 Å². The number of hydrogen-bond acceptors (Lipinski definition) is 5. The van der Waals surface area contributed by atoms with E-state index in [1.54, 1.807) is 4.90 Å². The first-order valence-corrected chi connectivity index (χ1v) is 8.71. The van der Waals surface area contributed by atoms with Crippen molar-refractivity contribution in [2.75, 3.05) is 6.54 Å². The SMILES string of the molecule is CCc1nnc([C@H]2C[C@@H](O)CN2C(=O)C2C(C=C(C)C)C2(C)C)o1. The zero-order valence-electron chi connectivity index (χ0n) is 15.1. The van der Waals surface area contributed by atoms with E-state index in [1.165, 1.54) is 5.57 Å². The van der Waals surface area contributed by atoms with Gasteiger partial charge in [0, 0.05) is 19.4 Å². The number of nitrogens with zero attached hydrogens (tertiary/aromatic N) is 3. The maximum atomic E-state index is 13.1. The molecule has 1 aliphatic carbocycles. The molecule has 1 aromatic heterocycles. The molecule has 0 radical (unpaired) electrons. The predicted molar refractivity (Wildman–Crippen MR) is 88.9 cm³/mol. The molecule has 2 fully saturated rings. The van der Waals surface area contributed by atoms with Crippen molar-refractivity contribution in [3.8, 4) is 0 Å². The van der Waals surface area contributed by atoms with Gasteiger partial charge in [-0.3, -0.25) is 4.79 Å². The normalized spacial score (nSPS) is 31.2. The molecule has 2 heterocycles. The fourth-order valence-electron chi connectivity index (χ4n) is 3.83. The van der Waals surface area contributed by atoms with Crippen LogP contribution < -0.4 is 0 Å². The molecule has 1 N–H and O–H groups in total. The van der Waals surface area contributed by atoms with Gasteiger partial charge in [-0.25, -0.2) is 0 Å². The van der Waals surface area contributed by atoms with E-state index in [-0.39, 0.29) is 29.2 Å². The first kappa shape index (κ1) is 17.1. The molecule has 0 spiro atoms. The standard InChI is InChI=1S/C18H27N3O3/c1-6-14-19-20-16(24-14)13-8-11(22)9-21(13)17(23)15-12(7-10(2)3)18(15,4)5/h7,11-13,15,22H,6,8-9H2,1-5H3/t11-,12?,13-,15?/m1/s1. The van der Waals surface area contributed by atoms with E-state index >= 15 is 0 Å². The third-order valence-electron chi connectivity index (χ3n) is 5.32. The summed E-state index contributed by atoms with van der Waals surface area (Å²) in [5.74, 6) is 1.29. The van der Waals surface area contributed by atoms with Crippen LogP contribution in [0.4, 0.5) is 0 Å². The molecular formula is C18H27N3O3. The molecule has 0 bridgehead atoms. The molecule has 24 heavy (non-hydrogen) atoms. The van der Waals surface area contributed by atoms with Crippen molar-refractivity contribution in [2.24, 2.45) is 17.3 Å². The van der Waals surface area contributed by atoms with E-state index in [4.69, 9.17) is 4.42 Å². The van der Waals surface area contributed by atoms with E-state index in [9.17, 15) is 9.90 Å². The van der Waals surface area contributed by atoms with E-state index in [2.05, 4.69) is 44.0 Å². The lowest BCUT2D eigenvalue weighted by Gasteiger charge is -2.22. The third kappa shape index (κ3) is 2.88. The van der Waals surface area contributed by atoms with Gasteiger partial charge in [-0.15, -0.1) is 10.2 Å². The Morgan fingerprint density at radius 3 is 2.71 bits per heavy atom. The summed E-state index contributed by atoms with van der Waals surface area (Å²) in [6.45, 7) is 10.7. The number of aromatic nitrogens is 2. The Hall–Kier alpha value is -1.69. The van der Waals surface area contributed by atoms with Crippen molar-refractivity contribution in [3.05, 3.63) is 23.4 Å². The molecule has 4 atom stereocenters. The number of amides is 1. The average Bonchev–Trinajstić information content (AvgIpc) is 2.93. The highest BCUT2D eigenvalue weighted by atomic mass is 16.4. The summed E-state index contributed by atoms with van der Waals surface area (Å²) in [5, 5.41) is 18.2. The Morgan fingerprint density at radius 1 is 1.42 bits per heavy atom. The number of hydrogen-bond donors (Lipinski definition) is 1. The van der Waals surface area contributed by atoms with Crippen molar-refractivity contribution in [2.45, 2.75) is 59.6 Å².